The summed E-state index contributed by atoms with van der Waals surface area (Å²) in [5.41, 5.74) is 0. The number of nitrogens with two attached hydrogens (primary N) is 1. The van der Waals surface area contributed by atoms with Gasteiger partial charge in [-0.05, 0) is 0 Å². The number of rotatable bonds is 6. The summed E-state index contributed by atoms with van der Waals surface area (Å²) in [5.74, 6) is 3.61. The largest absolute Gasteiger partial charge is 0.388 e. The number of Topliss-reactive ketones (excluding diaryl/α,β-unsaturated/α-hetero) is 1. The lowest BCUT2D eigenvalue weighted by molar-refractivity contribution is -0.144. The number of hydrogen-bond acceptors (Lipinski definition) is 7. The van der Waals surface area contributed by atoms with Gasteiger partial charge in [-0.15, -0.1) is 0 Å². The number of aliphatic hydroxyl groups is 4. The molecule has 0 aliphatic rings. The molecule has 0 bridgehead atoms. The summed E-state index contributed by atoms with van der Waals surface area (Å²) in [6.45, 7) is -1.33. The summed E-state index contributed by atoms with van der Waals surface area (Å²) >= 11 is 0. The molecule has 0 spiro atoms. The van der Waals surface area contributed by atoms with Crippen molar-refractivity contribution >= 4 is 5.78 Å². The van der Waals surface area contributed by atoms with Crippen LogP contribution in [0.15, 0.2) is 0 Å². The van der Waals surface area contributed by atoms with Gasteiger partial charge >= 0.3 is 0 Å². The summed E-state index contributed by atoms with van der Waals surface area (Å²) in [6, 6.07) is 0. The smallest absolute Gasteiger partial charge is 0.189 e. The van der Waals surface area contributed by atoms with Gasteiger partial charge in [-0.3, -0.25) is 4.79 Å². The van der Waals surface area contributed by atoms with Gasteiger partial charge in [0.05, 0.1) is 6.61 Å². The van der Waals surface area contributed by atoms with Crippen molar-refractivity contribution in [2.45, 2.75) is 18.3 Å². The van der Waals surface area contributed by atoms with Gasteiger partial charge in [0, 0.05) is 0 Å². The van der Waals surface area contributed by atoms with Gasteiger partial charge < -0.3 is 25.3 Å². The van der Waals surface area contributed by atoms with E-state index in [2.05, 4.69) is 10.7 Å². The molecule has 6 N–H and O–H groups in total. The fraction of sp³-hybridized carbons (Fsp3) is 0.833. The average molecular weight is 195 g/mol. The summed E-state index contributed by atoms with van der Waals surface area (Å²) in [6.07, 6.45) is -5.03. The molecule has 13 heavy (non-hydrogen) atoms. The number of aliphatic hydroxyl groups excluding tert-OH is 4. The first-order valence-corrected chi connectivity index (χ1v) is 3.54. The summed E-state index contributed by atoms with van der Waals surface area (Å²) in [7, 11) is 0. The van der Waals surface area contributed by atoms with Crippen LogP contribution in [0.2, 0.25) is 0 Å². The van der Waals surface area contributed by atoms with Crippen molar-refractivity contribution in [2.75, 3.05) is 13.2 Å². The molecule has 3 atom stereocenters. The third-order valence-corrected chi connectivity index (χ3v) is 1.47. The van der Waals surface area contributed by atoms with Crippen molar-refractivity contribution in [3.8, 4) is 0 Å². The van der Waals surface area contributed by atoms with Crippen LogP contribution in [0.25, 0.3) is 0 Å². The van der Waals surface area contributed by atoms with E-state index in [0.29, 0.717) is 0 Å². The molecule has 0 radical (unpaired) electrons. The molecule has 7 heteroatoms. The normalized spacial score (nSPS) is 17.9. The predicted octanol–water partition coefficient (Wildman–Crippen LogP) is -3.48. The molecule has 0 heterocycles. The van der Waals surface area contributed by atoms with E-state index in [0.717, 1.165) is 0 Å². The molecule has 7 nitrogen and oxygen atoms in total. The van der Waals surface area contributed by atoms with Gasteiger partial charge in [-0.2, -0.15) is 0 Å². The summed E-state index contributed by atoms with van der Waals surface area (Å²) in [4.78, 5) is 14.6. The SMILES string of the molecule is NOC[C@@H](O)[C@@H](O)[C@H](O)C(=O)CO. The van der Waals surface area contributed by atoms with Crippen molar-refractivity contribution in [1.29, 1.82) is 0 Å². The lowest BCUT2D eigenvalue weighted by Gasteiger charge is -2.20. The van der Waals surface area contributed by atoms with Crippen LogP contribution in [0.5, 0.6) is 0 Å². The molecule has 0 saturated carbocycles. The maximum absolute atomic E-state index is 10.6. The highest BCUT2D eigenvalue weighted by Gasteiger charge is 2.29. The zero-order chi connectivity index (χ0) is 10.4. The first-order valence-electron chi connectivity index (χ1n) is 3.54. The molecule has 0 rings (SSSR count). The predicted molar refractivity (Wildman–Crippen MR) is 40.3 cm³/mol. The van der Waals surface area contributed by atoms with E-state index in [1.165, 1.54) is 0 Å². The van der Waals surface area contributed by atoms with Gasteiger partial charge in [0.25, 0.3) is 0 Å². The van der Waals surface area contributed by atoms with E-state index < -0.39 is 37.3 Å². The lowest BCUT2D eigenvalue weighted by atomic mass is 10.1. The third-order valence-electron chi connectivity index (χ3n) is 1.47. The van der Waals surface area contributed by atoms with Crippen molar-refractivity contribution in [3.63, 3.8) is 0 Å². The first kappa shape index (κ1) is 12.4. The first-order chi connectivity index (χ1) is 6.04. The lowest BCUT2D eigenvalue weighted by Crippen LogP contribution is -2.45. The van der Waals surface area contributed by atoms with Crippen molar-refractivity contribution in [1.82, 2.24) is 0 Å². The highest BCUT2D eigenvalue weighted by molar-refractivity contribution is 5.84. The van der Waals surface area contributed by atoms with Crippen LogP contribution in [-0.4, -0.2) is 57.7 Å². The Labute approximate surface area is 74.3 Å². The minimum Gasteiger partial charge on any atom is -0.388 e. The third kappa shape index (κ3) is 3.77. The van der Waals surface area contributed by atoms with E-state index in [9.17, 15) is 4.79 Å². The van der Waals surface area contributed by atoms with Crippen LogP contribution in [0.1, 0.15) is 0 Å². The van der Waals surface area contributed by atoms with Crippen molar-refractivity contribution in [3.05, 3.63) is 0 Å². The minimum absolute atomic E-state index is 0.420. The average Bonchev–Trinajstić information content (AvgIpc) is 2.14. The topological polar surface area (TPSA) is 133 Å². The van der Waals surface area contributed by atoms with Gasteiger partial charge in [0.15, 0.2) is 5.78 Å². The van der Waals surface area contributed by atoms with Crippen molar-refractivity contribution < 1.29 is 30.1 Å². The Balaban J connectivity index is 4.07. The Morgan fingerprint density at radius 2 is 1.92 bits per heavy atom. The van der Waals surface area contributed by atoms with Crippen LogP contribution in [0.4, 0.5) is 0 Å². The van der Waals surface area contributed by atoms with Crippen LogP contribution >= 0.6 is 0 Å². The van der Waals surface area contributed by atoms with Gasteiger partial charge in [0.1, 0.15) is 24.9 Å². The monoisotopic (exact) mass is 195 g/mol. The standard InChI is InChI=1S/C6H13NO6/c7-13-2-4(10)6(12)5(11)3(9)1-8/h4-6,8,10-12H,1-2,7H2/t4-,5-,6-/m1/s1. The fourth-order valence-electron chi connectivity index (χ4n) is 0.692. The van der Waals surface area contributed by atoms with E-state index in [-0.39, 0.29) is 0 Å². The Morgan fingerprint density at radius 3 is 2.31 bits per heavy atom. The Hall–Kier alpha value is -0.570. The molecule has 0 aromatic rings. The Kier molecular flexibility index (Phi) is 5.71. The molecule has 78 valence electrons. The second kappa shape index (κ2) is 5.97. The summed E-state index contributed by atoms with van der Waals surface area (Å²) in [5, 5.41) is 35.3. The van der Waals surface area contributed by atoms with E-state index >= 15 is 0 Å². The van der Waals surface area contributed by atoms with Gasteiger partial charge in [0.2, 0.25) is 0 Å². The van der Waals surface area contributed by atoms with Crippen LogP contribution in [-0.2, 0) is 9.63 Å². The fourth-order valence-corrected chi connectivity index (χ4v) is 0.692. The quantitative estimate of drug-likeness (QED) is 0.278. The minimum atomic E-state index is -1.84. The van der Waals surface area contributed by atoms with Gasteiger partial charge in [-0.25, -0.2) is 5.90 Å². The zero-order valence-corrected chi connectivity index (χ0v) is 6.83. The molecule has 0 saturated heterocycles. The van der Waals surface area contributed by atoms with Crippen LogP contribution in [0, 0.1) is 0 Å². The Bertz CT molecular complexity index is 163. The van der Waals surface area contributed by atoms with Gasteiger partial charge in [-0.1, -0.05) is 0 Å². The number of carbonyl (C=O) groups is 1. The van der Waals surface area contributed by atoms with Crippen molar-refractivity contribution in [2.24, 2.45) is 5.90 Å². The maximum atomic E-state index is 10.6. The highest BCUT2D eigenvalue weighted by Crippen LogP contribution is 2.01. The molecular weight excluding hydrogens is 182 g/mol. The molecule has 0 aromatic heterocycles. The number of carbonyl (C=O) groups excluding carboxylic acids is 1. The van der Waals surface area contributed by atoms with Crippen LogP contribution in [0.3, 0.4) is 0 Å². The molecular formula is C6H13NO6. The second-order valence-electron chi connectivity index (χ2n) is 2.46. The summed E-state index contributed by atoms with van der Waals surface area (Å²) < 4.78 is 0. The Morgan fingerprint density at radius 1 is 1.38 bits per heavy atom. The van der Waals surface area contributed by atoms with E-state index in [1.54, 1.807) is 0 Å². The number of hydrogen-bond donors (Lipinski definition) is 5. The zero-order valence-electron chi connectivity index (χ0n) is 6.83. The maximum Gasteiger partial charge on any atom is 0.189 e. The number of ketones is 1. The van der Waals surface area contributed by atoms with E-state index in [4.69, 9.17) is 20.4 Å². The molecule has 0 amide bonds. The molecule has 0 unspecified atom stereocenters. The molecule has 0 fully saturated rings. The molecule has 0 aromatic carbocycles. The second-order valence-corrected chi connectivity index (χ2v) is 2.46. The molecule has 0 aliphatic heterocycles. The highest BCUT2D eigenvalue weighted by atomic mass is 16.6. The van der Waals surface area contributed by atoms with E-state index in [1.807, 2.05) is 0 Å². The van der Waals surface area contributed by atoms with Crippen LogP contribution < -0.4 is 5.90 Å². The molecule has 0 aliphatic carbocycles.